The van der Waals surface area contributed by atoms with Crippen LogP contribution in [0.4, 0.5) is 5.82 Å². The Morgan fingerprint density at radius 1 is 1.33 bits per heavy atom. The molecule has 0 aliphatic rings. The van der Waals surface area contributed by atoms with E-state index in [1.807, 2.05) is 7.05 Å². The predicted octanol–water partition coefficient (Wildman–Crippen LogP) is 1.63. The number of hydrogen-bond acceptors (Lipinski definition) is 5. The number of aryl methyl sites for hydroxylation is 1. The summed E-state index contributed by atoms with van der Waals surface area (Å²) >= 11 is 1.70. The molecule has 0 aromatic carbocycles. The molecule has 15 heavy (non-hydrogen) atoms. The molecule has 0 bridgehead atoms. The minimum atomic E-state index is 0.873. The average Bonchev–Trinajstić information content (AvgIpc) is 2.59. The second-order valence-electron chi connectivity index (χ2n) is 3.33. The van der Waals surface area contributed by atoms with Crippen molar-refractivity contribution in [2.45, 2.75) is 6.92 Å². The van der Waals surface area contributed by atoms with Crippen molar-refractivity contribution in [3.8, 4) is 0 Å². The average molecular weight is 222 g/mol. The van der Waals surface area contributed by atoms with Crippen LogP contribution in [0.25, 0.3) is 10.2 Å². The summed E-state index contributed by atoms with van der Waals surface area (Å²) in [6.45, 7) is 3.88. The zero-order valence-electron chi connectivity index (χ0n) is 8.87. The predicted molar refractivity (Wildman–Crippen MR) is 64.6 cm³/mol. The lowest BCUT2D eigenvalue weighted by Crippen LogP contribution is -2.18. The first-order valence-corrected chi connectivity index (χ1v) is 5.72. The Bertz CT molecular complexity index is 452. The first-order chi connectivity index (χ1) is 7.31. The Morgan fingerprint density at radius 3 is 3.00 bits per heavy atom. The van der Waals surface area contributed by atoms with Gasteiger partial charge in [0, 0.05) is 18.0 Å². The third-order valence-electron chi connectivity index (χ3n) is 2.12. The molecule has 0 saturated heterocycles. The summed E-state index contributed by atoms with van der Waals surface area (Å²) in [5.41, 5.74) is 0. The van der Waals surface area contributed by atoms with Crippen LogP contribution in [0.1, 0.15) is 4.88 Å². The minimum absolute atomic E-state index is 0.873. The van der Waals surface area contributed by atoms with Crippen LogP contribution in [0.3, 0.4) is 0 Å². The molecule has 0 saturated carbocycles. The molecule has 2 aromatic rings. The van der Waals surface area contributed by atoms with Crippen LogP contribution in [-0.4, -0.2) is 30.1 Å². The summed E-state index contributed by atoms with van der Waals surface area (Å²) in [4.78, 5) is 10.8. The van der Waals surface area contributed by atoms with E-state index in [1.54, 1.807) is 17.7 Å². The summed E-state index contributed by atoms with van der Waals surface area (Å²) in [7, 11) is 1.94. The molecule has 2 aromatic heterocycles. The van der Waals surface area contributed by atoms with E-state index in [9.17, 15) is 0 Å². The molecule has 80 valence electrons. The Kier molecular flexibility index (Phi) is 3.13. The summed E-state index contributed by atoms with van der Waals surface area (Å²) in [5.74, 6) is 0.930. The second-order valence-corrected chi connectivity index (χ2v) is 4.56. The van der Waals surface area contributed by atoms with E-state index in [1.165, 1.54) is 4.88 Å². The lowest BCUT2D eigenvalue weighted by Gasteiger charge is -2.04. The Balaban J connectivity index is 2.25. The van der Waals surface area contributed by atoms with Gasteiger partial charge < -0.3 is 10.6 Å². The molecule has 2 N–H and O–H groups in total. The monoisotopic (exact) mass is 222 g/mol. The molecular formula is C10H14N4S. The summed E-state index contributed by atoms with van der Waals surface area (Å²) in [5, 5.41) is 7.50. The van der Waals surface area contributed by atoms with Crippen molar-refractivity contribution in [1.82, 2.24) is 15.3 Å². The zero-order valence-corrected chi connectivity index (χ0v) is 9.69. The van der Waals surface area contributed by atoms with Crippen molar-refractivity contribution in [2.24, 2.45) is 0 Å². The number of likely N-dealkylation sites (N-methyl/N-ethyl adjacent to an activating group) is 1. The quantitative estimate of drug-likeness (QED) is 0.772. The maximum absolute atomic E-state index is 4.25. The van der Waals surface area contributed by atoms with Gasteiger partial charge in [-0.1, -0.05) is 0 Å². The van der Waals surface area contributed by atoms with Gasteiger partial charge in [0.2, 0.25) is 0 Å². The second kappa shape index (κ2) is 4.55. The number of fused-ring (bicyclic) bond motifs is 1. The zero-order chi connectivity index (χ0) is 10.7. The molecular weight excluding hydrogens is 208 g/mol. The van der Waals surface area contributed by atoms with Crippen molar-refractivity contribution >= 4 is 27.4 Å². The molecule has 0 fully saturated rings. The van der Waals surface area contributed by atoms with Crippen LogP contribution in [0.5, 0.6) is 0 Å². The summed E-state index contributed by atoms with van der Waals surface area (Å²) < 4.78 is 0. The fourth-order valence-electron chi connectivity index (χ4n) is 1.42. The van der Waals surface area contributed by atoms with Crippen molar-refractivity contribution in [2.75, 3.05) is 25.5 Å². The van der Waals surface area contributed by atoms with Crippen molar-refractivity contribution < 1.29 is 0 Å². The molecule has 0 amide bonds. The van der Waals surface area contributed by atoms with Crippen molar-refractivity contribution in [3.63, 3.8) is 0 Å². The molecule has 0 atom stereocenters. The van der Waals surface area contributed by atoms with Gasteiger partial charge in [-0.05, 0) is 20.0 Å². The Morgan fingerprint density at radius 2 is 2.20 bits per heavy atom. The smallest absolute Gasteiger partial charge is 0.138 e. The standard InChI is InChI=1S/C10H14N4S/c1-7-5-8-9(12-4-3-11-2)13-6-14-10(8)15-7/h5-6,11H,3-4H2,1-2H3,(H,12,13,14). The molecule has 0 radical (unpaired) electrons. The maximum Gasteiger partial charge on any atom is 0.138 e. The number of hydrogen-bond donors (Lipinski definition) is 2. The number of aromatic nitrogens is 2. The van der Waals surface area contributed by atoms with E-state index < -0.39 is 0 Å². The van der Waals surface area contributed by atoms with E-state index in [-0.39, 0.29) is 0 Å². The minimum Gasteiger partial charge on any atom is -0.368 e. The van der Waals surface area contributed by atoms with Crippen LogP contribution < -0.4 is 10.6 Å². The molecule has 0 aliphatic heterocycles. The molecule has 0 unspecified atom stereocenters. The molecule has 4 nitrogen and oxygen atoms in total. The van der Waals surface area contributed by atoms with Gasteiger partial charge in [0.05, 0.1) is 5.39 Å². The van der Waals surface area contributed by atoms with E-state index in [2.05, 4.69) is 33.6 Å². The normalized spacial score (nSPS) is 10.8. The van der Waals surface area contributed by atoms with Crippen LogP contribution in [0.15, 0.2) is 12.4 Å². The molecule has 5 heteroatoms. The van der Waals surface area contributed by atoms with Gasteiger partial charge in [-0.3, -0.25) is 0 Å². The molecule has 0 aliphatic carbocycles. The van der Waals surface area contributed by atoms with Crippen molar-refractivity contribution in [1.29, 1.82) is 0 Å². The van der Waals surface area contributed by atoms with Crippen LogP contribution in [0, 0.1) is 6.92 Å². The summed E-state index contributed by atoms with van der Waals surface area (Å²) in [6.07, 6.45) is 1.61. The van der Waals surface area contributed by atoms with Crippen molar-refractivity contribution in [3.05, 3.63) is 17.3 Å². The van der Waals surface area contributed by atoms with Crippen LogP contribution in [-0.2, 0) is 0 Å². The highest BCUT2D eigenvalue weighted by atomic mass is 32.1. The van der Waals surface area contributed by atoms with Gasteiger partial charge in [0.25, 0.3) is 0 Å². The molecule has 2 rings (SSSR count). The van der Waals surface area contributed by atoms with Gasteiger partial charge in [-0.25, -0.2) is 9.97 Å². The fourth-order valence-corrected chi connectivity index (χ4v) is 2.27. The van der Waals surface area contributed by atoms with Crippen LogP contribution in [0.2, 0.25) is 0 Å². The van der Waals surface area contributed by atoms with E-state index in [0.717, 1.165) is 29.1 Å². The molecule has 2 heterocycles. The lowest BCUT2D eigenvalue weighted by molar-refractivity contribution is 0.822. The summed E-state index contributed by atoms with van der Waals surface area (Å²) in [6, 6.07) is 2.13. The third-order valence-corrected chi connectivity index (χ3v) is 3.08. The topological polar surface area (TPSA) is 49.8 Å². The van der Waals surface area contributed by atoms with E-state index in [4.69, 9.17) is 0 Å². The highest BCUT2D eigenvalue weighted by Gasteiger charge is 2.05. The lowest BCUT2D eigenvalue weighted by atomic mass is 10.3. The van der Waals surface area contributed by atoms with Crippen LogP contribution >= 0.6 is 11.3 Å². The SMILES string of the molecule is CNCCNc1ncnc2sc(C)cc12. The van der Waals surface area contributed by atoms with Gasteiger partial charge in [0.15, 0.2) is 0 Å². The number of anilines is 1. The first-order valence-electron chi connectivity index (χ1n) is 4.91. The largest absolute Gasteiger partial charge is 0.368 e. The first kappa shape index (κ1) is 10.3. The number of thiophene rings is 1. The fraction of sp³-hybridized carbons (Fsp3) is 0.400. The van der Waals surface area contributed by atoms with Gasteiger partial charge >= 0.3 is 0 Å². The Labute approximate surface area is 92.8 Å². The third kappa shape index (κ3) is 2.24. The number of nitrogens with one attached hydrogen (secondary N) is 2. The number of nitrogens with zero attached hydrogens (tertiary/aromatic N) is 2. The van der Waals surface area contributed by atoms with Gasteiger partial charge in [0.1, 0.15) is 17.0 Å². The number of rotatable bonds is 4. The van der Waals surface area contributed by atoms with Gasteiger partial charge in [-0.2, -0.15) is 0 Å². The maximum atomic E-state index is 4.25. The highest BCUT2D eigenvalue weighted by molar-refractivity contribution is 7.18. The van der Waals surface area contributed by atoms with E-state index >= 15 is 0 Å². The van der Waals surface area contributed by atoms with E-state index in [0.29, 0.717) is 0 Å². The highest BCUT2D eigenvalue weighted by Crippen LogP contribution is 2.27. The molecule has 0 spiro atoms. The van der Waals surface area contributed by atoms with Gasteiger partial charge in [-0.15, -0.1) is 11.3 Å². The Hall–Kier alpha value is -1.20.